The number of ketones is 1. The summed E-state index contributed by atoms with van der Waals surface area (Å²) in [6.07, 6.45) is -0.306. The molecule has 0 aliphatic heterocycles. The standard InChI is InChI=1S/C19H17ClN2O6/c1-12-2-5-14(6-3-12)21-18(24)8-9-19(25)28-11-17(23)13-4-7-15(20)16(10-13)22(26)27/h2-7,10H,8-9,11H2,1H3,(H,21,24). The second kappa shape index (κ2) is 9.61. The number of hydrogen-bond donors (Lipinski definition) is 1. The van der Waals surface area contributed by atoms with Crippen LogP contribution in [0.15, 0.2) is 42.5 Å². The average Bonchev–Trinajstić information content (AvgIpc) is 2.66. The van der Waals surface area contributed by atoms with Crippen LogP contribution in [0.25, 0.3) is 0 Å². The van der Waals surface area contributed by atoms with Crippen molar-refractivity contribution in [1.29, 1.82) is 0 Å². The molecule has 0 saturated carbocycles. The van der Waals surface area contributed by atoms with E-state index in [1.165, 1.54) is 12.1 Å². The van der Waals surface area contributed by atoms with Crippen LogP contribution in [0.4, 0.5) is 11.4 Å². The molecule has 0 aliphatic rings. The number of amides is 1. The smallest absolute Gasteiger partial charge is 0.306 e. The fourth-order valence-corrected chi connectivity index (χ4v) is 2.39. The van der Waals surface area contributed by atoms with Gasteiger partial charge in [0.1, 0.15) is 5.02 Å². The lowest BCUT2D eigenvalue weighted by Gasteiger charge is -2.06. The minimum atomic E-state index is -0.726. The highest BCUT2D eigenvalue weighted by Crippen LogP contribution is 2.25. The first-order valence-electron chi connectivity index (χ1n) is 8.25. The number of carbonyl (C=O) groups excluding carboxylic acids is 3. The lowest BCUT2D eigenvalue weighted by atomic mass is 10.1. The van der Waals surface area contributed by atoms with Crippen LogP contribution >= 0.6 is 11.6 Å². The van der Waals surface area contributed by atoms with Gasteiger partial charge in [0.15, 0.2) is 6.61 Å². The first-order chi connectivity index (χ1) is 13.3. The van der Waals surface area contributed by atoms with E-state index in [2.05, 4.69) is 5.32 Å². The van der Waals surface area contributed by atoms with Crippen molar-refractivity contribution in [2.75, 3.05) is 11.9 Å². The molecule has 2 aromatic rings. The maximum absolute atomic E-state index is 12.0. The predicted octanol–water partition coefficient (Wildman–Crippen LogP) is 3.70. The summed E-state index contributed by atoms with van der Waals surface area (Å²) in [6.45, 7) is 1.34. The van der Waals surface area contributed by atoms with Crippen molar-refractivity contribution in [2.45, 2.75) is 19.8 Å². The third kappa shape index (κ3) is 6.17. The molecule has 0 saturated heterocycles. The molecule has 0 atom stereocenters. The van der Waals surface area contributed by atoms with Crippen LogP contribution in [0.1, 0.15) is 28.8 Å². The number of esters is 1. The number of Topliss-reactive ketones (excluding diaryl/α,β-unsaturated/α-hetero) is 1. The average molecular weight is 405 g/mol. The molecular weight excluding hydrogens is 388 g/mol. The van der Waals surface area contributed by atoms with Gasteiger partial charge in [-0.05, 0) is 31.2 Å². The van der Waals surface area contributed by atoms with Gasteiger partial charge in [0, 0.05) is 23.7 Å². The molecule has 2 aromatic carbocycles. The lowest BCUT2D eigenvalue weighted by molar-refractivity contribution is -0.384. The largest absolute Gasteiger partial charge is 0.457 e. The lowest BCUT2D eigenvalue weighted by Crippen LogP contribution is -2.17. The van der Waals surface area contributed by atoms with Crippen molar-refractivity contribution < 1.29 is 24.0 Å². The van der Waals surface area contributed by atoms with Crippen LogP contribution in [0, 0.1) is 17.0 Å². The van der Waals surface area contributed by atoms with E-state index in [0.717, 1.165) is 11.6 Å². The van der Waals surface area contributed by atoms with Crippen LogP contribution in [0.3, 0.4) is 0 Å². The second-order valence-electron chi connectivity index (χ2n) is 5.92. The number of halogens is 1. The van der Waals surface area contributed by atoms with E-state index in [1.807, 2.05) is 19.1 Å². The molecule has 0 unspecified atom stereocenters. The molecule has 8 nitrogen and oxygen atoms in total. The van der Waals surface area contributed by atoms with Gasteiger partial charge in [0.2, 0.25) is 11.7 Å². The number of ether oxygens (including phenoxy) is 1. The van der Waals surface area contributed by atoms with Gasteiger partial charge in [-0.1, -0.05) is 29.3 Å². The second-order valence-corrected chi connectivity index (χ2v) is 6.33. The summed E-state index contributed by atoms with van der Waals surface area (Å²) in [4.78, 5) is 45.7. The van der Waals surface area contributed by atoms with Gasteiger partial charge in [0.25, 0.3) is 5.69 Å². The summed E-state index contributed by atoms with van der Waals surface area (Å²) in [5.41, 5.74) is 1.26. The highest BCUT2D eigenvalue weighted by Gasteiger charge is 2.17. The molecule has 0 aromatic heterocycles. The number of hydrogen-bond acceptors (Lipinski definition) is 6. The summed E-state index contributed by atoms with van der Waals surface area (Å²) in [5.74, 6) is -1.70. The van der Waals surface area contributed by atoms with Gasteiger partial charge in [-0.3, -0.25) is 24.5 Å². The number of anilines is 1. The van der Waals surface area contributed by atoms with Crippen LogP contribution in [-0.4, -0.2) is 29.2 Å². The van der Waals surface area contributed by atoms with Gasteiger partial charge in [-0.2, -0.15) is 0 Å². The topological polar surface area (TPSA) is 116 Å². The van der Waals surface area contributed by atoms with E-state index in [4.69, 9.17) is 16.3 Å². The van der Waals surface area contributed by atoms with Crippen molar-refractivity contribution in [3.05, 3.63) is 68.7 Å². The van der Waals surface area contributed by atoms with Crippen LogP contribution in [0.2, 0.25) is 5.02 Å². The van der Waals surface area contributed by atoms with E-state index in [9.17, 15) is 24.5 Å². The Labute approximate surface area is 165 Å². The van der Waals surface area contributed by atoms with E-state index in [0.29, 0.717) is 5.69 Å². The Morgan fingerprint density at radius 3 is 2.43 bits per heavy atom. The molecule has 0 spiro atoms. The number of nitrogens with zero attached hydrogens (tertiary/aromatic N) is 1. The predicted molar refractivity (Wildman–Crippen MR) is 102 cm³/mol. The Morgan fingerprint density at radius 1 is 1.11 bits per heavy atom. The summed E-state index contributed by atoms with van der Waals surface area (Å²) in [7, 11) is 0. The first-order valence-corrected chi connectivity index (χ1v) is 8.63. The summed E-state index contributed by atoms with van der Waals surface area (Å²) in [5, 5.41) is 13.4. The maximum atomic E-state index is 12.0. The third-order valence-electron chi connectivity index (χ3n) is 3.72. The monoisotopic (exact) mass is 404 g/mol. The minimum absolute atomic E-state index is 0.000939. The van der Waals surface area contributed by atoms with E-state index >= 15 is 0 Å². The highest BCUT2D eigenvalue weighted by molar-refractivity contribution is 6.32. The van der Waals surface area contributed by atoms with Gasteiger partial charge >= 0.3 is 5.97 Å². The minimum Gasteiger partial charge on any atom is -0.457 e. The number of nitro benzene ring substituents is 1. The van der Waals surface area contributed by atoms with Gasteiger partial charge in [-0.25, -0.2) is 0 Å². The number of benzene rings is 2. The van der Waals surface area contributed by atoms with Crippen molar-refractivity contribution in [3.63, 3.8) is 0 Å². The number of aryl methyl sites for hydroxylation is 1. The van der Waals surface area contributed by atoms with Crippen LogP contribution in [0.5, 0.6) is 0 Å². The van der Waals surface area contributed by atoms with Gasteiger partial charge in [0.05, 0.1) is 11.3 Å². The molecule has 146 valence electrons. The first kappa shape index (κ1) is 21.0. The van der Waals surface area contributed by atoms with Crippen LogP contribution < -0.4 is 5.32 Å². The molecule has 0 aliphatic carbocycles. The molecule has 1 N–H and O–H groups in total. The normalized spacial score (nSPS) is 10.2. The van der Waals surface area contributed by atoms with Crippen molar-refractivity contribution in [2.24, 2.45) is 0 Å². The fraction of sp³-hybridized carbons (Fsp3) is 0.211. The Morgan fingerprint density at radius 2 is 1.79 bits per heavy atom. The summed E-state index contributed by atoms with van der Waals surface area (Å²) >= 11 is 5.68. The Kier molecular flexibility index (Phi) is 7.22. The van der Waals surface area contributed by atoms with Crippen molar-refractivity contribution in [1.82, 2.24) is 0 Å². The highest BCUT2D eigenvalue weighted by atomic mass is 35.5. The zero-order valence-electron chi connectivity index (χ0n) is 14.9. The summed E-state index contributed by atoms with van der Waals surface area (Å²) < 4.78 is 4.83. The molecule has 0 fully saturated rings. The van der Waals surface area contributed by atoms with Crippen molar-refractivity contribution in [3.8, 4) is 0 Å². The molecule has 0 bridgehead atoms. The van der Waals surface area contributed by atoms with Crippen LogP contribution in [-0.2, 0) is 14.3 Å². The molecule has 28 heavy (non-hydrogen) atoms. The molecule has 2 rings (SSSR count). The van der Waals surface area contributed by atoms with Crippen molar-refractivity contribution >= 4 is 40.6 Å². The number of nitrogens with one attached hydrogen (secondary N) is 1. The molecule has 1 amide bonds. The fourth-order valence-electron chi connectivity index (χ4n) is 2.20. The van der Waals surface area contributed by atoms with E-state index in [1.54, 1.807) is 12.1 Å². The Balaban J connectivity index is 1.79. The molecule has 0 radical (unpaired) electrons. The van der Waals surface area contributed by atoms with E-state index in [-0.39, 0.29) is 29.3 Å². The number of rotatable bonds is 8. The Hall–Kier alpha value is -3.26. The maximum Gasteiger partial charge on any atom is 0.306 e. The molecule has 9 heteroatoms. The van der Waals surface area contributed by atoms with Gasteiger partial charge < -0.3 is 10.1 Å². The Bertz CT molecular complexity index is 911. The van der Waals surface area contributed by atoms with E-state index < -0.39 is 29.0 Å². The van der Waals surface area contributed by atoms with Gasteiger partial charge in [-0.15, -0.1) is 0 Å². The summed E-state index contributed by atoms with van der Waals surface area (Å²) in [6, 6.07) is 10.7. The zero-order chi connectivity index (χ0) is 20.7. The SMILES string of the molecule is Cc1ccc(NC(=O)CCC(=O)OCC(=O)c2ccc(Cl)c([N+](=O)[O-])c2)cc1. The number of nitro groups is 1. The molecule has 0 heterocycles. The zero-order valence-corrected chi connectivity index (χ0v) is 15.7. The number of carbonyl (C=O) groups is 3. The quantitative estimate of drug-likeness (QED) is 0.310. The molecular formula is C19H17ClN2O6. The third-order valence-corrected chi connectivity index (χ3v) is 4.04.